The van der Waals surface area contributed by atoms with Crippen molar-refractivity contribution in [3.05, 3.63) is 161 Å². The summed E-state index contributed by atoms with van der Waals surface area (Å²) in [4.78, 5) is 31.2. The second kappa shape index (κ2) is 13.3. The molecule has 5 rings (SSSR count). The van der Waals surface area contributed by atoms with Crippen LogP contribution in [0.1, 0.15) is 77.1 Å². The molecule has 3 nitrogen and oxygen atoms in total. The van der Waals surface area contributed by atoms with Gasteiger partial charge in [0.15, 0.2) is 20.5 Å². The van der Waals surface area contributed by atoms with Gasteiger partial charge in [-0.3, -0.25) is 4.79 Å². The van der Waals surface area contributed by atoms with Crippen LogP contribution in [0.4, 0.5) is 0 Å². The van der Waals surface area contributed by atoms with Crippen LogP contribution in [0.15, 0.2) is 142 Å². The molecule has 0 aliphatic carbocycles. The van der Waals surface area contributed by atoms with Crippen molar-refractivity contribution in [1.29, 1.82) is 0 Å². The topological polar surface area (TPSA) is 43.4 Å². The van der Waals surface area contributed by atoms with E-state index in [1.54, 1.807) is 6.07 Å². The zero-order valence-corrected chi connectivity index (χ0v) is 27.8. The van der Waals surface area contributed by atoms with Gasteiger partial charge in [0.2, 0.25) is 0 Å². The Kier molecular flexibility index (Phi) is 9.45. The van der Waals surface area contributed by atoms with Crippen LogP contribution in [0.2, 0.25) is 0 Å². The van der Waals surface area contributed by atoms with E-state index in [4.69, 9.17) is 4.74 Å². The molecule has 0 radical (unpaired) electrons. The Bertz CT molecular complexity index is 1680. The maximum absolute atomic E-state index is 14.1. The number of hydrogen-bond acceptors (Lipinski definition) is 3. The molecule has 0 aliphatic rings. The number of Topliss-reactive ketones (excluding diaryl/α,β-unsaturated/α-hetero) is 1. The van der Waals surface area contributed by atoms with Crippen LogP contribution in [0.5, 0.6) is 0 Å². The van der Waals surface area contributed by atoms with Gasteiger partial charge < -0.3 is 4.74 Å². The zero-order chi connectivity index (χ0) is 32.2. The first-order valence-electron chi connectivity index (χ1n) is 15.3. The first-order valence-corrected chi connectivity index (χ1v) is 16.6. The van der Waals surface area contributed by atoms with Crippen LogP contribution >= 0.6 is 0 Å². The number of rotatable bonds is 10. The van der Waals surface area contributed by atoms with Gasteiger partial charge in [-0.2, -0.15) is 0 Å². The summed E-state index contributed by atoms with van der Waals surface area (Å²) in [5, 5.41) is 0. The number of carbonyl (C=O) groups excluding carboxylic acids is 2. The average molecular weight is 614 g/mol. The van der Waals surface area contributed by atoms with Crippen molar-refractivity contribution < 1.29 is 14.3 Å². The van der Waals surface area contributed by atoms with Gasteiger partial charge in [0.1, 0.15) is 5.60 Å². The van der Waals surface area contributed by atoms with Crippen LogP contribution in [0.25, 0.3) is 0 Å². The molecule has 0 fully saturated rings. The van der Waals surface area contributed by atoms with Gasteiger partial charge >= 0.3 is 5.97 Å². The van der Waals surface area contributed by atoms with E-state index in [0.29, 0.717) is 17.5 Å². The lowest BCUT2D eigenvalue weighted by atomic mass is 9.78. The van der Waals surface area contributed by atoms with Gasteiger partial charge in [0, 0.05) is 24.1 Å². The normalized spacial score (nSPS) is 11.8. The lowest BCUT2D eigenvalue weighted by Gasteiger charge is -2.26. The molecular formula is C41H41O3S+. The molecule has 4 heteroatoms. The summed E-state index contributed by atoms with van der Waals surface area (Å²) in [6, 6.07) is 42.4. The van der Waals surface area contributed by atoms with E-state index >= 15 is 0 Å². The third kappa shape index (κ3) is 7.64. The maximum atomic E-state index is 14.1. The Morgan fingerprint density at radius 3 is 1.64 bits per heavy atom. The van der Waals surface area contributed by atoms with E-state index in [1.165, 1.54) is 0 Å². The minimum absolute atomic E-state index is 0.0139. The number of carbonyl (C=O) groups is 2. The fourth-order valence-electron chi connectivity index (χ4n) is 5.56. The molecule has 228 valence electrons. The second-order valence-corrected chi connectivity index (χ2v) is 14.8. The molecule has 0 heterocycles. The number of esters is 1. The molecule has 0 saturated carbocycles. The SMILES string of the molecule is Cc1cccc(C(C)(C)CC(=O)c2cc(C(=O)OC(C)(C)c3cccc(C)c3)cc([S+](c3ccccc3)c3ccccc3)c2)c1. The number of ether oxygens (including phenoxy) is 1. The predicted molar refractivity (Wildman–Crippen MR) is 184 cm³/mol. The zero-order valence-electron chi connectivity index (χ0n) is 27.0. The highest BCUT2D eigenvalue weighted by Gasteiger charge is 2.33. The highest BCUT2D eigenvalue weighted by Crippen LogP contribution is 2.35. The monoisotopic (exact) mass is 613 g/mol. The summed E-state index contributed by atoms with van der Waals surface area (Å²) in [7, 11) is -0.553. The number of aryl methyl sites for hydroxylation is 2. The smallest absolute Gasteiger partial charge is 0.339 e. The van der Waals surface area contributed by atoms with Crippen molar-refractivity contribution in [2.75, 3.05) is 0 Å². The lowest BCUT2D eigenvalue weighted by Crippen LogP contribution is -2.26. The average Bonchev–Trinajstić information content (AvgIpc) is 3.02. The summed E-state index contributed by atoms with van der Waals surface area (Å²) in [5.41, 5.74) is 3.90. The van der Waals surface area contributed by atoms with Crippen LogP contribution in [0, 0.1) is 13.8 Å². The first kappa shape index (κ1) is 32.0. The molecule has 5 aromatic rings. The van der Waals surface area contributed by atoms with Crippen LogP contribution in [-0.2, 0) is 26.6 Å². The Labute approximate surface area is 270 Å². The molecule has 0 amide bonds. The standard InChI is InChI=1S/C41H41O3S/c1-29-15-13-17-33(23-29)40(3,4)28-38(42)31-25-32(39(43)44-41(5,6)34-18-14-16-30(2)24-34)27-37(26-31)45(35-19-9-7-10-20-35)36-21-11-8-12-22-36/h7-27H,28H2,1-6H3/q+1. The lowest BCUT2D eigenvalue weighted by molar-refractivity contribution is -0.00318. The molecule has 0 unspecified atom stereocenters. The Morgan fingerprint density at radius 2 is 1.09 bits per heavy atom. The third-order valence-corrected chi connectivity index (χ3v) is 10.3. The minimum atomic E-state index is -0.864. The van der Waals surface area contributed by atoms with Crippen molar-refractivity contribution in [3.8, 4) is 0 Å². The van der Waals surface area contributed by atoms with Gasteiger partial charge in [0.05, 0.1) is 16.5 Å². The molecular weight excluding hydrogens is 573 g/mol. The minimum Gasteiger partial charge on any atom is -0.451 e. The number of hydrogen-bond donors (Lipinski definition) is 0. The first-order chi connectivity index (χ1) is 21.4. The molecule has 45 heavy (non-hydrogen) atoms. The van der Waals surface area contributed by atoms with E-state index in [0.717, 1.165) is 36.9 Å². The van der Waals surface area contributed by atoms with E-state index in [2.05, 4.69) is 63.2 Å². The van der Waals surface area contributed by atoms with Crippen LogP contribution < -0.4 is 0 Å². The summed E-state index contributed by atoms with van der Waals surface area (Å²) in [6.45, 7) is 12.1. The summed E-state index contributed by atoms with van der Waals surface area (Å²) >= 11 is 0. The summed E-state index contributed by atoms with van der Waals surface area (Å²) in [6.07, 6.45) is 0.299. The molecule has 0 saturated heterocycles. The molecule has 0 aromatic heterocycles. The van der Waals surface area contributed by atoms with Gasteiger partial charge in [-0.05, 0) is 74.6 Å². The van der Waals surface area contributed by atoms with Gasteiger partial charge in [-0.25, -0.2) is 4.79 Å². The summed E-state index contributed by atoms with van der Waals surface area (Å²) in [5.74, 6) is -0.472. The van der Waals surface area contributed by atoms with E-state index in [9.17, 15) is 9.59 Å². The molecule has 0 atom stereocenters. The Hall–Kier alpha value is -4.41. The van der Waals surface area contributed by atoms with E-state index in [-0.39, 0.29) is 5.78 Å². The second-order valence-electron chi connectivity index (χ2n) is 12.8. The molecule has 0 aliphatic heterocycles. The fraction of sp³-hybridized carbons (Fsp3) is 0.220. The number of ketones is 1. The quantitative estimate of drug-likeness (QED) is 0.0894. The van der Waals surface area contributed by atoms with Gasteiger partial charge in [-0.1, -0.05) is 110 Å². The number of benzene rings is 5. The van der Waals surface area contributed by atoms with Crippen molar-refractivity contribution in [2.45, 2.75) is 73.7 Å². The highest BCUT2D eigenvalue weighted by atomic mass is 32.2. The fourth-order valence-corrected chi connectivity index (χ4v) is 7.72. The van der Waals surface area contributed by atoms with Crippen molar-refractivity contribution >= 4 is 22.6 Å². The van der Waals surface area contributed by atoms with Crippen molar-refractivity contribution in [3.63, 3.8) is 0 Å². The van der Waals surface area contributed by atoms with Crippen LogP contribution in [-0.4, -0.2) is 11.8 Å². The Balaban J connectivity index is 1.60. The molecule has 0 bridgehead atoms. The van der Waals surface area contributed by atoms with Crippen molar-refractivity contribution in [1.82, 2.24) is 0 Å². The van der Waals surface area contributed by atoms with E-state index < -0.39 is 27.9 Å². The van der Waals surface area contributed by atoms with Crippen LogP contribution in [0.3, 0.4) is 0 Å². The summed E-state index contributed by atoms with van der Waals surface area (Å²) < 4.78 is 6.18. The van der Waals surface area contributed by atoms with Crippen molar-refractivity contribution in [2.24, 2.45) is 0 Å². The van der Waals surface area contributed by atoms with E-state index in [1.807, 2.05) is 99.6 Å². The Morgan fingerprint density at radius 1 is 0.578 bits per heavy atom. The van der Waals surface area contributed by atoms with Gasteiger partial charge in [0.25, 0.3) is 0 Å². The predicted octanol–water partition coefficient (Wildman–Crippen LogP) is 10.0. The van der Waals surface area contributed by atoms with Gasteiger partial charge in [-0.15, -0.1) is 0 Å². The molecule has 0 N–H and O–H groups in total. The largest absolute Gasteiger partial charge is 0.451 e. The maximum Gasteiger partial charge on any atom is 0.339 e. The molecule has 0 spiro atoms. The molecule has 5 aromatic carbocycles. The third-order valence-electron chi connectivity index (χ3n) is 8.12. The highest BCUT2D eigenvalue weighted by molar-refractivity contribution is 7.97.